The molecule has 16 nitrogen and oxygen atoms in total. The topological polar surface area (TPSA) is 295 Å². The van der Waals surface area contributed by atoms with Crippen LogP contribution in [0.15, 0.2) is 24.3 Å². The van der Waals surface area contributed by atoms with E-state index in [1.165, 1.54) is 24.3 Å². The molecule has 0 aromatic heterocycles. The van der Waals surface area contributed by atoms with Gasteiger partial charge in [0.25, 0.3) is 0 Å². The average molecular weight is 613 g/mol. The van der Waals surface area contributed by atoms with E-state index in [0.29, 0.717) is 0 Å². The zero-order valence-corrected chi connectivity index (χ0v) is 22.2. The van der Waals surface area contributed by atoms with Gasteiger partial charge in [-0.2, -0.15) is 0 Å². The van der Waals surface area contributed by atoms with Crippen molar-refractivity contribution in [1.29, 1.82) is 0 Å². The molecule has 0 spiro atoms. The Morgan fingerprint density at radius 3 is 1.40 bits per heavy atom. The van der Waals surface area contributed by atoms with Gasteiger partial charge >= 0.3 is 0 Å². The summed E-state index contributed by atoms with van der Waals surface area (Å²) in [6, 6.07) is 4.73. The summed E-state index contributed by atoms with van der Waals surface area (Å²) in [7, 11) is 0. The highest BCUT2D eigenvalue weighted by Gasteiger charge is 2.50. The molecule has 0 saturated carbocycles. The second kappa shape index (κ2) is 12.7. The first kappa shape index (κ1) is 32.5. The normalized spacial score (nSPS) is 32.8. The van der Waals surface area contributed by atoms with Gasteiger partial charge in [0.2, 0.25) is 0 Å². The Morgan fingerprint density at radius 1 is 0.581 bits per heavy atom. The average Bonchev–Trinajstić information content (AvgIpc) is 2.97. The number of phenols is 4. The summed E-state index contributed by atoms with van der Waals surface area (Å²) >= 11 is 0. The standard InChI is InChI=1S/C27H32O16/c28-6-12-17(33)22(38)24(40)26(42-12)15-19(35)14(11(32)5-10(31)8-1-3-9(30)4-2-8)20(36)16(21(15)37)27-25(41)23(39)18(34)13(7-29)43-27/h1-4,12-13,17-18,22-30,33-41H,5-7H2/t12-,13-,17-,18-,22+,23+,24-,25-,26+,27+/m1/s1. The number of aromatic hydroxyl groups is 4. The second-order valence-corrected chi connectivity index (χ2v) is 10.3. The van der Waals surface area contributed by atoms with Crippen LogP contribution in [0.1, 0.15) is 50.5 Å². The van der Waals surface area contributed by atoms with Crippen LogP contribution in [0.2, 0.25) is 0 Å². The summed E-state index contributed by atoms with van der Waals surface area (Å²) in [5, 5.41) is 125. The van der Waals surface area contributed by atoms with Crippen LogP contribution < -0.4 is 0 Å². The van der Waals surface area contributed by atoms with Crippen molar-refractivity contribution >= 4 is 11.6 Å². The quantitative estimate of drug-likeness (QED) is 0.104. The zero-order valence-electron chi connectivity index (χ0n) is 22.2. The number of carbonyl (C=O) groups excluding carboxylic acids is 2. The molecule has 2 aromatic rings. The summed E-state index contributed by atoms with van der Waals surface area (Å²) in [6.45, 7) is -1.85. The van der Waals surface area contributed by atoms with Gasteiger partial charge in [0, 0.05) is 5.56 Å². The first-order chi connectivity index (χ1) is 20.2. The number of Topliss-reactive ketones (excluding diaryl/α,β-unsaturated/α-hetero) is 2. The molecule has 2 heterocycles. The van der Waals surface area contributed by atoms with E-state index in [9.17, 15) is 70.9 Å². The fraction of sp³-hybridized carbons (Fsp3) is 0.481. The summed E-state index contributed by atoms with van der Waals surface area (Å²) < 4.78 is 10.8. The van der Waals surface area contributed by atoms with E-state index >= 15 is 0 Å². The molecule has 0 aliphatic carbocycles. The molecule has 2 aliphatic heterocycles. The maximum Gasteiger partial charge on any atom is 0.178 e. The molecule has 0 radical (unpaired) electrons. The van der Waals surface area contributed by atoms with E-state index < -0.39 is 126 Å². The Labute approximate surface area is 242 Å². The van der Waals surface area contributed by atoms with Crippen LogP contribution in [-0.2, 0) is 9.47 Å². The van der Waals surface area contributed by atoms with Gasteiger partial charge in [0.1, 0.15) is 89.6 Å². The van der Waals surface area contributed by atoms with E-state index in [-0.39, 0.29) is 11.3 Å². The Bertz CT molecular complexity index is 1280. The van der Waals surface area contributed by atoms with E-state index in [1.54, 1.807) is 0 Å². The van der Waals surface area contributed by atoms with Gasteiger partial charge in [-0.05, 0) is 24.3 Å². The molecule has 0 bridgehead atoms. The van der Waals surface area contributed by atoms with Crippen LogP contribution in [-0.4, -0.2) is 135 Å². The van der Waals surface area contributed by atoms with Crippen LogP contribution in [0.3, 0.4) is 0 Å². The number of ketones is 2. The summed E-state index contributed by atoms with van der Waals surface area (Å²) in [5.74, 6) is -6.01. The highest BCUT2D eigenvalue weighted by atomic mass is 16.6. The number of hydrogen-bond acceptors (Lipinski definition) is 16. The SMILES string of the molecule is O=C(CC(=O)c1c(O)c([C@@H]2O[C@H](CO)[C@@H](O)[C@H](O)[C@H]2O)c(O)c([C@@H]2O[C@H](CO)[C@@H](O)[C@H](O)[C@H]2O)c1O)c1ccc(O)cc1. The highest BCUT2D eigenvalue weighted by molar-refractivity contribution is 6.16. The van der Waals surface area contributed by atoms with Gasteiger partial charge in [-0.3, -0.25) is 9.59 Å². The minimum absolute atomic E-state index is 0.0489. The van der Waals surface area contributed by atoms with Crippen molar-refractivity contribution < 1.29 is 80.3 Å². The number of phenolic OH excluding ortho intramolecular Hbond substituents is 4. The molecular weight excluding hydrogens is 580 g/mol. The number of benzene rings is 2. The summed E-state index contributed by atoms with van der Waals surface area (Å²) in [4.78, 5) is 26.2. The van der Waals surface area contributed by atoms with Crippen LogP contribution in [0.25, 0.3) is 0 Å². The van der Waals surface area contributed by atoms with Crippen molar-refractivity contribution in [2.24, 2.45) is 0 Å². The van der Waals surface area contributed by atoms with Gasteiger partial charge in [-0.1, -0.05) is 0 Å². The van der Waals surface area contributed by atoms with Gasteiger partial charge in [0.15, 0.2) is 11.6 Å². The Hall–Kier alpha value is -3.42. The van der Waals surface area contributed by atoms with Gasteiger partial charge in [-0.15, -0.1) is 0 Å². The summed E-state index contributed by atoms with van der Waals surface area (Å²) in [6.07, 6.45) is -20.3. The smallest absolute Gasteiger partial charge is 0.178 e. The van der Waals surface area contributed by atoms with E-state index in [1.807, 2.05) is 0 Å². The third-order valence-corrected chi connectivity index (χ3v) is 7.64. The number of ether oxygens (including phenoxy) is 2. The third-order valence-electron chi connectivity index (χ3n) is 7.64. The van der Waals surface area contributed by atoms with Crippen LogP contribution in [0.4, 0.5) is 0 Å². The van der Waals surface area contributed by atoms with Crippen molar-refractivity contribution in [2.75, 3.05) is 13.2 Å². The lowest BCUT2D eigenvalue weighted by atomic mass is 9.83. The molecule has 2 aliphatic rings. The second-order valence-electron chi connectivity index (χ2n) is 10.3. The highest BCUT2D eigenvalue weighted by Crippen LogP contribution is 2.53. The molecule has 0 amide bonds. The molecule has 4 rings (SSSR count). The minimum atomic E-state index is -2.14. The van der Waals surface area contributed by atoms with Crippen molar-refractivity contribution in [1.82, 2.24) is 0 Å². The molecule has 2 aromatic carbocycles. The van der Waals surface area contributed by atoms with E-state index in [2.05, 4.69) is 0 Å². The maximum atomic E-state index is 13.4. The molecule has 2 saturated heterocycles. The molecular formula is C27H32O16. The number of rotatable bonds is 8. The zero-order chi connectivity index (χ0) is 31.9. The lowest BCUT2D eigenvalue weighted by Crippen LogP contribution is -2.55. The van der Waals surface area contributed by atoms with Gasteiger partial charge < -0.3 is 70.8 Å². The first-order valence-corrected chi connectivity index (χ1v) is 13.0. The number of hydrogen-bond donors (Lipinski definition) is 12. The van der Waals surface area contributed by atoms with Crippen LogP contribution in [0, 0.1) is 0 Å². The predicted octanol–water partition coefficient (Wildman–Crippen LogP) is -3.01. The molecule has 236 valence electrons. The van der Waals surface area contributed by atoms with Crippen molar-refractivity contribution in [2.45, 2.75) is 67.5 Å². The third kappa shape index (κ3) is 5.77. The Kier molecular flexibility index (Phi) is 9.57. The van der Waals surface area contributed by atoms with Crippen molar-refractivity contribution in [3.8, 4) is 23.0 Å². The van der Waals surface area contributed by atoms with Gasteiger partial charge in [0.05, 0.1) is 30.8 Å². The molecule has 12 N–H and O–H groups in total. The molecule has 43 heavy (non-hydrogen) atoms. The summed E-state index contributed by atoms with van der Waals surface area (Å²) in [5.41, 5.74) is -2.90. The molecule has 16 heteroatoms. The molecule has 2 fully saturated rings. The first-order valence-electron chi connectivity index (χ1n) is 13.0. The van der Waals surface area contributed by atoms with E-state index in [0.717, 1.165) is 0 Å². The van der Waals surface area contributed by atoms with Gasteiger partial charge in [-0.25, -0.2) is 0 Å². The molecule has 0 unspecified atom stereocenters. The fourth-order valence-corrected chi connectivity index (χ4v) is 5.22. The van der Waals surface area contributed by atoms with Crippen molar-refractivity contribution in [3.63, 3.8) is 0 Å². The number of aliphatic hydroxyl groups is 8. The van der Waals surface area contributed by atoms with Crippen LogP contribution >= 0.6 is 0 Å². The van der Waals surface area contributed by atoms with Crippen LogP contribution in [0.5, 0.6) is 23.0 Å². The fourth-order valence-electron chi connectivity index (χ4n) is 5.22. The lowest BCUT2D eigenvalue weighted by molar-refractivity contribution is -0.234. The Morgan fingerprint density at radius 2 is 1.00 bits per heavy atom. The van der Waals surface area contributed by atoms with Crippen molar-refractivity contribution in [3.05, 3.63) is 46.5 Å². The maximum absolute atomic E-state index is 13.4. The largest absolute Gasteiger partial charge is 0.508 e. The predicted molar refractivity (Wildman–Crippen MR) is 138 cm³/mol. The monoisotopic (exact) mass is 612 g/mol. The number of carbonyl (C=O) groups is 2. The number of aliphatic hydroxyl groups excluding tert-OH is 8. The minimum Gasteiger partial charge on any atom is -0.508 e. The van der Waals surface area contributed by atoms with E-state index in [4.69, 9.17) is 9.47 Å². The molecule has 10 atom stereocenters. The Balaban J connectivity index is 1.90. The lowest BCUT2D eigenvalue weighted by Gasteiger charge is -2.42.